The standard InChI is InChI=1S/C10H22N2O2/c1-8(14)9-5-10(11-2)7-12(6-9)3-4-13/h8-11,13-14H,3-7H2,1-2H3. The first-order chi connectivity index (χ1) is 6.67. The molecule has 1 aliphatic rings. The largest absolute Gasteiger partial charge is 0.395 e. The summed E-state index contributed by atoms with van der Waals surface area (Å²) in [6.45, 7) is 4.63. The Morgan fingerprint density at radius 1 is 1.50 bits per heavy atom. The number of β-amino-alcohol motifs (C(OH)–C–C–N with tert-alkyl or cyclic N) is 1. The molecular weight excluding hydrogens is 180 g/mol. The van der Waals surface area contributed by atoms with Crippen LogP contribution in [0.4, 0.5) is 0 Å². The third kappa shape index (κ3) is 3.20. The Labute approximate surface area is 85.9 Å². The summed E-state index contributed by atoms with van der Waals surface area (Å²) in [6.07, 6.45) is 0.767. The van der Waals surface area contributed by atoms with Crippen LogP contribution in [0.1, 0.15) is 13.3 Å². The number of piperidine rings is 1. The molecule has 0 spiro atoms. The molecule has 0 aromatic rings. The van der Waals surface area contributed by atoms with Gasteiger partial charge in [0.2, 0.25) is 0 Å². The first-order valence-corrected chi connectivity index (χ1v) is 5.36. The van der Waals surface area contributed by atoms with Gasteiger partial charge < -0.3 is 15.5 Å². The van der Waals surface area contributed by atoms with Gasteiger partial charge in [-0.2, -0.15) is 0 Å². The van der Waals surface area contributed by atoms with E-state index in [1.165, 1.54) is 0 Å². The maximum absolute atomic E-state index is 9.56. The smallest absolute Gasteiger partial charge is 0.0558 e. The van der Waals surface area contributed by atoms with Crippen molar-refractivity contribution in [1.82, 2.24) is 10.2 Å². The van der Waals surface area contributed by atoms with Crippen molar-refractivity contribution >= 4 is 0 Å². The van der Waals surface area contributed by atoms with Gasteiger partial charge in [0, 0.05) is 25.7 Å². The predicted octanol–water partition coefficient (Wildman–Crippen LogP) is -0.731. The highest BCUT2D eigenvalue weighted by molar-refractivity contribution is 4.84. The lowest BCUT2D eigenvalue weighted by Crippen LogP contribution is -2.51. The number of hydrogen-bond donors (Lipinski definition) is 3. The van der Waals surface area contributed by atoms with Gasteiger partial charge in [-0.05, 0) is 26.3 Å². The quantitative estimate of drug-likeness (QED) is 0.562. The van der Waals surface area contributed by atoms with Crippen molar-refractivity contribution in [3.05, 3.63) is 0 Å². The Balaban J connectivity index is 2.47. The summed E-state index contributed by atoms with van der Waals surface area (Å²) in [6, 6.07) is 0.440. The maximum Gasteiger partial charge on any atom is 0.0558 e. The van der Waals surface area contributed by atoms with Crippen LogP contribution >= 0.6 is 0 Å². The Morgan fingerprint density at radius 2 is 2.21 bits per heavy atom. The fourth-order valence-corrected chi connectivity index (χ4v) is 2.12. The van der Waals surface area contributed by atoms with Crippen LogP contribution in [0.3, 0.4) is 0 Å². The summed E-state index contributed by atoms with van der Waals surface area (Å²) in [4.78, 5) is 2.21. The summed E-state index contributed by atoms with van der Waals surface area (Å²) in [5.74, 6) is 0.327. The van der Waals surface area contributed by atoms with E-state index < -0.39 is 0 Å². The van der Waals surface area contributed by atoms with Crippen LogP contribution in [-0.4, -0.2) is 60.5 Å². The van der Waals surface area contributed by atoms with Crippen molar-refractivity contribution in [3.63, 3.8) is 0 Å². The third-order valence-corrected chi connectivity index (χ3v) is 3.07. The number of likely N-dealkylation sites (N-methyl/N-ethyl adjacent to an activating group) is 1. The van der Waals surface area contributed by atoms with E-state index in [2.05, 4.69) is 10.2 Å². The molecule has 0 radical (unpaired) electrons. The Morgan fingerprint density at radius 3 is 2.71 bits per heavy atom. The molecular formula is C10H22N2O2. The van der Waals surface area contributed by atoms with Gasteiger partial charge in [0.1, 0.15) is 0 Å². The van der Waals surface area contributed by atoms with Crippen LogP contribution in [0.2, 0.25) is 0 Å². The van der Waals surface area contributed by atoms with Crippen LogP contribution in [0.15, 0.2) is 0 Å². The zero-order valence-corrected chi connectivity index (χ0v) is 9.11. The minimum absolute atomic E-state index is 0.197. The number of nitrogens with one attached hydrogen (secondary N) is 1. The van der Waals surface area contributed by atoms with E-state index in [4.69, 9.17) is 5.11 Å². The Bertz CT molecular complexity index is 164. The van der Waals surface area contributed by atoms with E-state index >= 15 is 0 Å². The van der Waals surface area contributed by atoms with Gasteiger partial charge in [0.25, 0.3) is 0 Å². The summed E-state index contributed by atoms with van der Waals surface area (Å²) in [7, 11) is 1.95. The van der Waals surface area contributed by atoms with E-state index in [1.807, 2.05) is 14.0 Å². The molecule has 1 fully saturated rings. The van der Waals surface area contributed by atoms with E-state index in [-0.39, 0.29) is 12.7 Å². The van der Waals surface area contributed by atoms with Crippen LogP contribution in [0, 0.1) is 5.92 Å². The number of rotatable bonds is 4. The molecule has 0 bridgehead atoms. The topological polar surface area (TPSA) is 55.7 Å². The van der Waals surface area contributed by atoms with Crippen molar-refractivity contribution in [2.45, 2.75) is 25.5 Å². The molecule has 1 aliphatic heterocycles. The van der Waals surface area contributed by atoms with Crippen molar-refractivity contribution in [2.75, 3.05) is 33.3 Å². The lowest BCUT2D eigenvalue weighted by molar-refractivity contribution is 0.0426. The molecule has 14 heavy (non-hydrogen) atoms. The first-order valence-electron chi connectivity index (χ1n) is 5.36. The Hall–Kier alpha value is -0.160. The average molecular weight is 202 g/mol. The van der Waals surface area contributed by atoms with Gasteiger partial charge in [0.15, 0.2) is 0 Å². The van der Waals surface area contributed by atoms with Gasteiger partial charge in [-0.1, -0.05) is 0 Å². The summed E-state index contributed by atoms with van der Waals surface area (Å²) >= 11 is 0. The molecule has 1 heterocycles. The molecule has 4 heteroatoms. The van der Waals surface area contributed by atoms with Crippen molar-refractivity contribution in [1.29, 1.82) is 0 Å². The third-order valence-electron chi connectivity index (χ3n) is 3.07. The second-order valence-electron chi connectivity index (χ2n) is 4.21. The van der Waals surface area contributed by atoms with E-state index in [1.54, 1.807) is 0 Å². The summed E-state index contributed by atoms with van der Waals surface area (Å²) in [5.41, 5.74) is 0. The van der Waals surface area contributed by atoms with Gasteiger partial charge in [-0.3, -0.25) is 4.90 Å². The van der Waals surface area contributed by atoms with Crippen LogP contribution in [-0.2, 0) is 0 Å². The Kier molecular flexibility index (Phi) is 4.81. The summed E-state index contributed by atoms with van der Waals surface area (Å²) in [5, 5.41) is 21.7. The molecule has 3 atom stereocenters. The van der Waals surface area contributed by atoms with E-state index in [0.29, 0.717) is 18.5 Å². The molecule has 3 N–H and O–H groups in total. The average Bonchev–Trinajstić information content (AvgIpc) is 2.17. The fourth-order valence-electron chi connectivity index (χ4n) is 2.12. The second kappa shape index (κ2) is 5.66. The SMILES string of the molecule is CNC1CC(C(C)O)CN(CCO)C1. The molecule has 0 aliphatic carbocycles. The normalized spacial score (nSPS) is 31.7. The number of hydrogen-bond acceptors (Lipinski definition) is 4. The second-order valence-corrected chi connectivity index (χ2v) is 4.21. The molecule has 0 aromatic heterocycles. The lowest BCUT2D eigenvalue weighted by Gasteiger charge is -2.38. The van der Waals surface area contributed by atoms with Gasteiger partial charge >= 0.3 is 0 Å². The van der Waals surface area contributed by atoms with Crippen LogP contribution < -0.4 is 5.32 Å². The van der Waals surface area contributed by atoms with Crippen molar-refractivity contribution < 1.29 is 10.2 Å². The predicted molar refractivity (Wildman–Crippen MR) is 56.2 cm³/mol. The number of aliphatic hydroxyl groups excluding tert-OH is 2. The van der Waals surface area contributed by atoms with E-state index in [9.17, 15) is 5.11 Å². The number of nitrogens with zero attached hydrogens (tertiary/aromatic N) is 1. The fraction of sp³-hybridized carbons (Fsp3) is 1.00. The highest BCUT2D eigenvalue weighted by atomic mass is 16.3. The maximum atomic E-state index is 9.56. The van der Waals surface area contributed by atoms with Gasteiger partial charge in [-0.25, -0.2) is 0 Å². The molecule has 0 aromatic carbocycles. The monoisotopic (exact) mass is 202 g/mol. The van der Waals surface area contributed by atoms with Gasteiger partial charge in [-0.15, -0.1) is 0 Å². The molecule has 1 saturated heterocycles. The van der Waals surface area contributed by atoms with Crippen molar-refractivity contribution in [3.8, 4) is 0 Å². The number of likely N-dealkylation sites (tertiary alicyclic amines) is 1. The molecule has 1 rings (SSSR count). The van der Waals surface area contributed by atoms with Crippen LogP contribution in [0.5, 0.6) is 0 Å². The number of aliphatic hydroxyl groups is 2. The van der Waals surface area contributed by atoms with Gasteiger partial charge in [0.05, 0.1) is 12.7 Å². The molecule has 4 nitrogen and oxygen atoms in total. The minimum atomic E-state index is -0.257. The molecule has 0 amide bonds. The summed E-state index contributed by atoms with van der Waals surface area (Å²) < 4.78 is 0. The zero-order chi connectivity index (χ0) is 10.6. The molecule has 84 valence electrons. The minimum Gasteiger partial charge on any atom is -0.395 e. The zero-order valence-electron chi connectivity index (χ0n) is 9.11. The molecule has 0 saturated carbocycles. The lowest BCUT2D eigenvalue weighted by atomic mass is 9.90. The van der Waals surface area contributed by atoms with E-state index in [0.717, 1.165) is 19.5 Å². The molecule has 3 unspecified atom stereocenters. The first kappa shape index (κ1) is 11.9. The highest BCUT2D eigenvalue weighted by Gasteiger charge is 2.28. The van der Waals surface area contributed by atoms with Crippen molar-refractivity contribution in [2.24, 2.45) is 5.92 Å². The highest BCUT2D eigenvalue weighted by Crippen LogP contribution is 2.19. The van der Waals surface area contributed by atoms with Crippen LogP contribution in [0.25, 0.3) is 0 Å².